The van der Waals surface area contributed by atoms with Gasteiger partial charge in [0.25, 0.3) is 0 Å². The summed E-state index contributed by atoms with van der Waals surface area (Å²) in [7, 11) is -0.297. The van der Waals surface area contributed by atoms with E-state index in [1.807, 2.05) is 0 Å². The van der Waals surface area contributed by atoms with Gasteiger partial charge in [-0.15, -0.1) is 0 Å². The van der Waals surface area contributed by atoms with Crippen LogP contribution in [0.4, 0.5) is 0 Å². The van der Waals surface area contributed by atoms with Crippen LogP contribution in [0.3, 0.4) is 0 Å². The molecule has 2 saturated carbocycles. The Morgan fingerprint density at radius 2 is 1.48 bits per heavy atom. The molecule has 1 unspecified atom stereocenters. The summed E-state index contributed by atoms with van der Waals surface area (Å²) in [6.07, 6.45) is 24.3. The zero-order valence-electron chi connectivity index (χ0n) is 21.1. The van der Waals surface area contributed by atoms with Crippen molar-refractivity contribution in [1.29, 1.82) is 0 Å². The molecule has 0 saturated heterocycles. The molecule has 3 heteroatoms. The highest BCUT2D eigenvalue weighted by Crippen LogP contribution is 2.69. The van der Waals surface area contributed by atoms with Crippen molar-refractivity contribution < 1.29 is 9.47 Å². The maximum atomic E-state index is 7.17. The monoisotopic (exact) mass is 468 g/mol. The molecule has 2 nitrogen and oxygen atoms in total. The second kappa shape index (κ2) is 12.6. The molecule has 3 aliphatic rings. The van der Waals surface area contributed by atoms with E-state index in [0.29, 0.717) is 0 Å². The summed E-state index contributed by atoms with van der Waals surface area (Å²) in [5.41, 5.74) is 4.36. The van der Waals surface area contributed by atoms with Crippen LogP contribution in [0.25, 0.3) is 5.57 Å². The summed E-state index contributed by atoms with van der Waals surface area (Å²) in [5, 5.41) is -0.171. The molecule has 0 heterocycles. The third-order valence-corrected chi connectivity index (χ3v) is 11.7. The van der Waals surface area contributed by atoms with Crippen LogP contribution in [-0.2, 0) is 4.74 Å². The lowest BCUT2D eigenvalue weighted by atomic mass is 9.92. The largest absolute Gasteiger partial charge is 0.493 e. The van der Waals surface area contributed by atoms with Crippen molar-refractivity contribution in [3.8, 4) is 5.75 Å². The topological polar surface area (TPSA) is 18.5 Å². The zero-order chi connectivity index (χ0) is 22.9. The smallest absolute Gasteiger partial charge is 0.126 e. The van der Waals surface area contributed by atoms with Crippen LogP contribution in [0.5, 0.6) is 5.75 Å². The molecule has 0 bridgehead atoms. The molecule has 182 valence electrons. The van der Waals surface area contributed by atoms with E-state index in [2.05, 4.69) is 56.3 Å². The number of ether oxygens (including phenoxy) is 2. The van der Waals surface area contributed by atoms with Crippen molar-refractivity contribution in [1.82, 2.24) is 0 Å². The van der Waals surface area contributed by atoms with Gasteiger partial charge in [-0.05, 0) is 61.5 Å². The minimum atomic E-state index is -0.297. The highest BCUT2D eigenvalue weighted by molar-refractivity contribution is 7.61. The Kier molecular flexibility index (Phi) is 9.51. The van der Waals surface area contributed by atoms with E-state index in [9.17, 15) is 0 Å². The van der Waals surface area contributed by atoms with Gasteiger partial charge in [-0.25, -0.2) is 0 Å². The Hall–Kier alpha value is -1.11. The molecule has 0 aliphatic heterocycles. The van der Waals surface area contributed by atoms with E-state index >= 15 is 0 Å². The fraction of sp³-hybridized carbons (Fsp3) is 0.667. The van der Waals surface area contributed by atoms with Gasteiger partial charge in [0, 0.05) is 18.6 Å². The fourth-order valence-corrected chi connectivity index (χ4v) is 10.9. The van der Waals surface area contributed by atoms with Crippen molar-refractivity contribution in [2.45, 2.75) is 114 Å². The first-order valence-corrected chi connectivity index (χ1v) is 15.3. The van der Waals surface area contributed by atoms with Crippen molar-refractivity contribution in [2.75, 3.05) is 13.2 Å². The SMILES string of the molecule is CCCOc1ccccc1C1=CC=CCC1(OCCC)P(C1CCCCC1)C1CCCCC1. The van der Waals surface area contributed by atoms with E-state index in [0.717, 1.165) is 49.5 Å². The molecule has 2 fully saturated rings. The van der Waals surface area contributed by atoms with Gasteiger partial charge in [-0.3, -0.25) is 0 Å². The summed E-state index contributed by atoms with van der Waals surface area (Å²) in [6, 6.07) is 8.75. The molecule has 0 aromatic heterocycles. The average molecular weight is 469 g/mol. The van der Waals surface area contributed by atoms with E-state index in [4.69, 9.17) is 9.47 Å². The Morgan fingerprint density at radius 1 is 0.848 bits per heavy atom. The van der Waals surface area contributed by atoms with Crippen LogP contribution in [0, 0.1) is 0 Å². The predicted molar refractivity (Wildman–Crippen MR) is 144 cm³/mol. The van der Waals surface area contributed by atoms with E-state index in [-0.39, 0.29) is 13.3 Å². The molecular weight excluding hydrogens is 423 g/mol. The van der Waals surface area contributed by atoms with Gasteiger partial charge in [-0.2, -0.15) is 0 Å². The number of hydrogen-bond acceptors (Lipinski definition) is 2. The van der Waals surface area contributed by atoms with Gasteiger partial charge in [-0.1, -0.05) is 96.7 Å². The molecule has 1 aromatic rings. The van der Waals surface area contributed by atoms with Gasteiger partial charge in [0.15, 0.2) is 0 Å². The van der Waals surface area contributed by atoms with Crippen LogP contribution >= 0.6 is 7.92 Å². The number of benzene rings is 1. The molecule has 0 spiro atoms. The van der Waals surface area contributed by atoms with Crippen molar-refractivity contribution >= 4 is 13.5 Å². The molecule has 0 amide bonds. The Labute approximate surface area is 204 Å². The molecule has 4 rings (SSSR count). The first kappa shape index (κ1) is 25.0. The van der Waals surface area contributed by atoms with Crippen LogP contribution in [0.15, 0.2) is 42.5 Å². The molecular formula is C30H45O2P. The van der Waals surface area contributed by atoms with Gasteiger partial charge < -0.3 is 9.47 Å². The third-order valence-electron chi connectivity index (χ3n) is 7.75. The lowest BCUT2D eigenvalue weighted by molar-refractivity contribution is 0.0612. The maximum absolute atomic E-state index is 7.17. The van der Waals surface area contributed by atoms with Gasteiger partial charge in [0.05, 0.1) is 6.61 Å². The summed E-state index contributed by atoms with van der Waals surface area (Å²) in [4.78, 5) is 0. The van der Waals surface area contributed by atoms with Crippen molar-refractivity contribution in [2.24, 2.45) is 0 Å². The molecule has 3 aliphatic carbocycles. The first-order valence-electron chi connectivity index (χ1n) is 13.8. The summed E-state index contributed by atoms with van der Waals surface area (Å²) in [5.74, 6) is 1.03. The Bertz CT molecular complexity index is 770. The molecule has 1 atom stereocenters. The van der Waals surface area contributed by atoms with E-state index in [1.54, 1.807) is 0 Å². The number of rotatable bonds is 10. The van der Waals surface area contributed by atoms with E-state index < -0.39 is 0 Å². The molecule has 33 heavy (non-hydrogen) atoms. The number of hydrogen-bond donors (Lipinski definition) is 0. The number of para-hydroxylation sites is 1. The van der Waals surface area contributed by atoms with Crippen molar-refractivity contribution in [3.05, 3.63) is 48.1 Å². The second-order valence-electron chi connectivity index (χ2n) is 10.2. The lowest BCUT2D eigenvalue weighted by Crippen LogP contribution is -2.41. The Balaban J connectivity index is 1.80. The Morgan fingerprint density at radius 3 is 2.12 bits per heavy atom. The highest BCUT2D eigenvalue weighted by atomic mass is 31.1. The zero-order valence-corrected chi connectivity index (χ0v) is 22.0. The summed E-state index contributed by atoms with van der Waals surface area (Å²) >= 11 is 0. The standard InChI is InChI=1S/C30H45O2P/c1-3-23-31-29-21-12-11-19-27(29)28-20-13-14-22-30(28,32-24-4-2)33(25-15-7-5-8-16-25)26-17-9-6-10-18-26/h11-14,19-21,25-26H,3-10,15-18,22-24H2,1-2H3. The third kappa shape index (κ3) is 5.76. The van der Waals surface area contributed by atoms with E-state index in [1.165, 1.54) is 75.3 Å². The molecule has 0 N–H and O–H groups in total. The van der Waals surface area contributed by atoms with Gasteiger partial charge in [0.1, 0.15) is 11.1 Å². The molecule has 1 aromatic carbocycles. The van der Waals surface area contributed by atoms with Gasteiger partial charge in [0.2, 0.25) is 0 Å². The van der Waals surface area contributed by atoms with Crippen LogP contribution in [0.1, 0.15) is 103 Å². The highest BCUT2D eigenvalue weighted by Gasteiger charge is 2.50. The van der Waals surface area contributed by atoms with Gasteiger partial charge >= 0.3 is 0 Å². The first-order chi connectivity index (χ1) is 16.3. The summed E-state index contributed by atoms with van der Waals surface area (Å²) in [6.45, 7) is 6.06. The molecule has 0 radical (unpaired) electrons. The van der Waals surface area contributed by atoms with Crippen molar-refractivity contribution in [3.63, 3.8) is 0 Å². The minimum Gasteiger partial charge on any atom is -0.493 e. The maximum Gasteiger partial charge on any atom is 0.126 e. The predicted octanol–water partition coefficient (Wildman–Crippen LogP) is 9.09. The van der Waals surface area contributed by atoms with Crippen LogP contribution in [-0.4, -0.2) is 29.9 Å². The summed E-state index contributed by atoms with van der Waals surface area (Å²) < 4.78 is 13.5. The average Bonchev–Trinajstić information content (AvgIpc) is 2.88. The quantitative estimate of drug-likeness (QED) is 0.319. The minimum absolute atomic E-state index is 0.171. The van der Waals surface area contributed by atoms with Crippen LogP contribution < -0.4 is 4.74 Å². The van der Waals surface area contributed by atoms with Crippen LogP contribution in [0.2, 0.25) is 0 Å². The fourth-order valence-electron chi connectivity index (χ4n) is 6.29. The lowest BCUT2D eigenvalue weighted by Gasteiger charge is -2.52. The second-order valence-corrected chi connectivity index (χ2v) is 13.2. The number of allylic oxidation sites excluding steroid dienone is 2. The normalized spacial score (nSPS) is 24.8.